The van der Waals surface area contributed by atoms with E-state index < -0.39 is 10.2 Å². The van der Waals surface area contributed by atoms with E-state index >= 15 is 0 Å². The van der Waals surface area contributed by atoms with Gasteiger partial charge >= 0.3 is 0 Å². The molecule has 1 saturated heterocycles. The van der Waals surface area contributed by atoms with E-state index in [0.29, 0.717) is 52.4 Å². The van der Waals surface area contributed by atoms with E-state index in [1.807, 2.05) is 6.92 Å². The highest BCUT2D eigenvalue weighted by atomic mass is 32.2. The monoisotopic (exact) mass is 251 g/mol. The first-order valence-electron chi connectivity index (χ1n) is 5.66. The van der Waals surface area contributed by atoms with Gasteiger partial charge in [-0.3, -0.25) is 0 Å². The third-order valence-electron chi connectivity index (χ3n) is 2.59. The van der Waals surface area contributed by atoms with Crippen molar-refractivity contribution in [1.29, 1.82) is 0 Å². The Morgan fingerprint density at radius 3 is 2.50 bits per heavy atom. The van der Waals surface area contributed by atoms with Gasteiger partial charge in [0.25, 0.3) is 10.2 Å². The second-order valence-electron chi connectivity index (χ2n) is 3.65. The molecule has 1 heterocycles. The molecule has 1 aliphatic heterocycles. The molecular weight excluding hydrogens is 230 g/mol. The van der Waals surface area contributed by atoms with E-state index in [4.69, 9.17) is 10.5 Å². The van der Waals surface area contributed by atoms with Gasteiger partial charge in [0.1, 0.15) is 0 Å². The molecule has 0 bridgehead atoms. The topological polar surface area (TPSA) is 75.9 Å². The molecule has 0 atom stereocenters. The lowest BCUT2D eigenvalue weighted by Gasteiger charge is -2.31. The Kier molecular flexibility index (Phi) is 5.63. The maximum atomic E-state index is 12.2. The van der Waals surface area contributed by atoms with Gasteiger partial charge in [0.05, 0.1) is 13.2 Å². The van der Waals surface area contributed by atoms with Crippen molar-refractivity contribution in [2.45, 2.75) is 13.3 Å². The molecule has 1 aliphatic rings. The average Bonchev–Trinajstić information content (AvgIpc) is 2.31. The largest absolute Gasteiger partial charge is 0.379 e. The molecule has 0 aromatic carbocycles. The molecule has 7 heteroatoms. The van der Waals surface area contributed by atoms with Crippen molar-refractivity contribution < 1.29 is 13.2 Å². The Morgan fingerprint density at radius 1 is 1.38 bits per heavy atom. The molecule has 0 spiro atoms. The zero-order valence-electron chi connectivity index (χ0n) is 9.76. The summed E-state index contributed by atoms with van der Waals surface area (Å²) in [6, 6.07) is 0. The minimum absolute atomic E-state index is 0.446. The molecule has 0 unspecified atom stereocenters. The average molecular weight is 251 g/mol. The van der Waals surface area contributed by atoms with Gasteiger partial charge in [0.2, 0.25) is 0 Å². The van der Waals surface area contributed by atoms with Gasteiger partial charge in [0, 0.05) is 26.2 Å². The summed E-state index contributed by atoms with van der Waals surface area (Å²) in [5.74, 6) is 0. The first-order valence-corrected chi connectivity index (χ1v) is 7.05. The van der Waals surface area contributed by atoms with Crippen molar-refractivity contribution in [1.82, 2.24) is 8.61 Å². The molecule has 6 nitrogen and oxygen atoms in total. The molecule has 0 aliphatic carbocycles. The molecular formula is C9H21N3O3S. The third kappa shape index (κ3) is 3.39. The normalized spacial score (nSPS) is 19.2. The predicted molar refractivity (Wildman–Crippen MR) is 62.2 cm³/mol. The van der Waals surface area contributed by atoms with Crippen LogP contribution >= 0.6 is 0 Å². The van der Waals surface area contributed by atoms with Crippen molar-refractivity contribution in [2.75, 3.05) is 45.9 Å². The van der Waals surface area contributed by atoms with Crippen LogP contribution in [0, 0.1) is 0 Å². The van der Waals surface area contributed by atoms with Crippen molar-refractivity contribution >= 4 is 10.2 Å². The summed E-state index contributed by atoms with van der Waals surface area (Å²) in [4.78, 5) is 0. The van der Waals surface area contributed by atoms with Crippen molar-refractivity contribution in [3.63, 3.8) is 0 Å². The Balaban J connectivity index is 2.64. The molecule has 0 aromatic rings. The van der Waals surface area contributed by atoms with E-state index in [0.717, 1.165) is 0 Å². The van der Waals surface area contributed by atoms with Gasteiger partial charge in [-0.1, -0.05) is 6.92 Å². The number of nitrogens with zero attached hydrogens (tertiary/aromatic N) is 2. The van der Waals surface area contributed by atoms with Gasteiger partial charge in [-0.2, -0.15) is 17.0 Å². The van der Waals surface area contributed by atoms with Crippen molar-refractivity contribution in [2.24, 2.45) is 5.73 Å². The summed E-state index contributed by atoms with van der Waals surface area (Å²) in [6.45, 7) is 5.18. The molecule has 0 saturated carbocycles. The fourth-order valence-corrected chi connectivity index (χ4v) is 3.27. The minimum Gasteiger partial charge on any atom is -0.379 e. The van der Waals surface area contributed by atoms with Crippen LogP contribution in [0.1, 0.15) is 13.3 Å². The van der Waals surface area contributed by atoms with Crippen LogP contribution < -0.4 is 5.73 Å². The van der Waals surface area contributed by atoms with Crippen LogP contribution in [0.3, 0.4) is 0 Å². The second kappa shape index (κ2) is 6.51. The number of morpholine rings is 1. The van der Waals surface area contributed by atoms with Crippen LogP contribution in [0.25, 0.3) is 0 Å². The van der Waals surface area contributed by atoms with E-state index in [9.17, 15) is 8.42 Å². The van der Waals surface area contributed by atoms with Crippen molar-refractivity contribution in [3.05, 3.63) is 0 Å². The zero-order chi connectivity index (χ0) is 12.0. The summed E-state index contributed by atoms with van der Waals surface area (Å²) in [5.41, 5.74) is 5.40. The SMILES string of the molecule is CCN(CCCN)S(=O)(=O)N1CCOCC1. The highest BCUT2D eigenvalue weighted by molar-refractivity contribution is 7.86. The lowest BCUT2D eigenvalue weighted by molar-refractivity contribution is 0.0702. The van der Waals surface area contributed by atoms with Crippen LogP contribution in [0.4, 0.5) is 0 Å². The fourth-order valence-electron chi connectivity index (χ4n) is 1.64. The summed E-state index contributed by atoms with van der Waals surface area (Å²) in [5, 5.41) is 0. The van der Waals surface area contributed by atoms with Gasteiger partial charge in [-0.05, 0) is 13.0 Å². The van der Waals surface area contributed by atoms with Crippen LogP contribution in [-0.4, -0.2) is 63.0 Å². The molecule has 0 radical (unpaired) electrons. The van der Waals surface area contributed by atoms with Crippen molar-refractivity contribution in [3.8, 4) is 0 Å². The zero-order valence-corrected chi connectivity index (χ0v) is 10.6. The number of hydrogen-bond donors (Lipinski definition) is 1. The quantitative estimate of drug-likeness (QED) is 0.673. The molecule has 96 valence electrons. The van der Waals surface area contributed by atoms with Gasteiger partial charge in [-0.15, -0.1) is 0 Å². The Labute approximate surface area is 97.5 Å². The minimum atomic E-state index is -3.32. The highest BCUT2D eigenvalue weighted by Crippen LogP contribution is 2.10. The van der Waals surface area contributed by atoms with Crippen LogP contribution in [0.15, 0.2) is 0 Å². The van der Waals surface area contributed by atoms with Crippen LogP contribution in [0.2, 0.25) is 0 Å². The first kappa shape index (κ1) is 13.9. The van der Waals surface area contributed by atoms with Gasteiger partial charge in [-0.25, -0.2) is 0 Å². The molecule has 0 amide bonds. The van der Waals surface area contributed by atoms with Gasteiger partial charge < -0.3 is 10.5 Å². The fraction of sp³-hybridized carbons (Fsp3) is 1.00. The summed E-state index contributed by atoms with van der Waals surface area (Å²) < 4.78 is 32.5. The number of nitrogens with two attached hydrogens (primary N) is 1. The molecule has 2 N–H and O–H groups in total. The maximum Gasteiger partial charge on any atom is 0.282 e. The molecule has 16 heavy (non-hydrogen) atoms. The molecule has 1 rings (SSSR count). The molecule has 0 aromatic heterocycles. The smallest absolute Gasteiger partial charge is 0.282 e. The van der Waals surface area contributed by atoms with E-state index in [-0.39, 0.29) is 0 Å². The maximum absolute atomic E-state index is 12.2. The Hall–Kier alpha value is -0.210. The predicted octanol–water partition coefficient (Wildman–Crippen LogP) is -0.766. The van der Waals surface area contributed by atoms with E-state index in [2.05, 4.69) is 0 Å². The third-order valence-corrected chi connectivity index (χ3v) is 4.70. The molecule has 1 fully saturated rings. The summed E-state index contributed by atoms with van der Waals surface area (Å²) >= 11 is 0. The Morgan fingerprint density at radius 2 is 2.00 bits per heavy atom. The second-order valence-corrected chi connectivity index (χ2v) is 5.58. The van der Waals surface area contributed by atoms with E-state index in [1.54, 1.807) is 0 Å². The number of hydrogen-bond acceptors (Lipinski definition) is 4. The summed E-state index contributed by atoms with van der Waals surface area (Å²) in [7, 11) is -3.32. The lowest BCUT2D eigenvalue weighted by atomic mass is 10.4. The van der Waals surface area contributed by atoms with Crippen LogP contribution in [-0.2, 0) is 14.9 Å². The first-order chi connectivity index (χ1) is 7.62. The number of ether oxygens (including phenoxy) is 1. The number of rotatable bonds is 6. The standard InChI is InChI=1S/C9H21N3O3S/c1-2-11(5-3-4-10)16(13,14)12-6-8-15-9-7-12/h2-10H2,1H3. The highest BCUT2D eigenvalue weighted by Gasteiger charge is 2.29. The lowest BCUT2D eigenvalue weighted by Crippen LogP contribution is -2.48. The van der Waals surface area contributed by atoms with E-state index in [1.165, 1.54) is 8.61 Å². The van der Waals surface area contributed by atoms with Gasteiger partial charge in [0.15, 0.2) is 0 Å². The summed E-state index contributed by atoms with van der Waals surface area (Å²) in [6.07, 6.45) is 0.692. The van der Waals surface area contributed by atoms with Crippen LogP contribution in [0.5, 0.6) is 0 Å². The Bertz CT molecular complexity index is 288.